The van der Waals surface area contributed by atoms with Gasteiger partial charge >= 0.3 is 16.5 Å². The third kappa shape index (κ3) is 5.80. The molecule has 0 spiro atoms. The van der Waals surface area contributed by atoms with Gasteiger partial charge in [-0.15, -0.1) is 0 Å². The molecule has 0 saturated heterocycles. The van der Waals surface area contributed by atoms with E-state index >= 15 is 0 Å². The first kappa shape index (κ1) is 18.8. The van der Waals surface area contributed by atoms with Gasteiger partial charge in [0, 0.05) is 17.8 Å². The van der Waals surface area contributed by atoms with Gasteiger partial charge in [-0.2, -0.15) is 8.42 Å². The Morgan fingerprint density at radius 1 is 1.20 bits per heavy atom. The van der Waals surface area contributed by atoms with E-state index in [1.165, 1.54) is 31.4 Å². The van der Waals surface area contributed by atoms with Crippen molar-refractivity contribution in [2.45, 2.75) is 6.54 Å². The van der Waals surface area contributed by atoms with E-state index in [4.69, 9.17) is 16.3 Å². The Bertz CT molecular complexity index is 859. The molecule has 2 N–H and O–H groups in total. The van der Waals surface area contributed by atoms with Gasteiger partial charge in [0.2, 0.25) is 0 Å². The van der Waals surface area contributed by atoms with Crippen LogP contribution in [0.5, 0.6) is 11.5 Å². The van der Waals surface area contributed by atoms with Gasteiger partial charge in [-0.3, -0.25) is 0 Å². The molecule has 7 nitrogen and oxygen atoms in total. The lowest BCUT2D eigenvalue weighted by molar-refractivity contribution is 0.251. The highest BCUT2D eigenvalue weighted by atomic mass is 35.5. The van der Waals surface area contributed by atoms with E-state index in [1.807, 2.05) is 0 Å². The van der Waals surface area contributed by atoms with Crippen molar-refractivity contribution in [2.75, 3.05) is 12.4 Å². The molecule has 2 amide bonds. The number of nitrogens with one attached hydrogen (secondary N) is 2. The fourth-order valence-corrected chi connectivity index (χ4v) is 2.59. The molecule has 0 saturated carbocycles. The summed E-state index contributed by atoms with van der Waals surface area (Å²) in [5, 5.41) is 5.59. The lowest BCUT2D eigenvalue weighted by atomic mass is 10.2. The second-order valence-electron chi connectivity index (χ2n) is 4.74. The lowest BCUT2D eigenvalue weighted by Gasteiger charge is -2.12. The van der Waals surface area contributed by atoms with Crippen molar-refractivity contribution in [3.63, 3.8) is 0 Å². The molecule has 0 heterocycles. The number of hydrogen-bond acceptors (Lipinski definition) is 5. The molecule has 0 aliphatic heterocycles. The lowest BCUT2D eigenvalue weighted by Crippen LogP contribution is -2.28. The molecule has 2 aromatic rings. The zero-order chi connectivity index (χ0) is 18.4. The van der Waals surface area contributed by atoms with E-state index < -0.39 is 16.5 Å². The number of urea groups is 1. The summed E-state index contributed by atoms with van der Waals surface area (Å²) >= 11 is 6.00. The predicted molar refractivity (Wildman–Crippen MR) is 91.0 cm³/mol. The molecule has 0 aliphatic rings. The zero-order valence-corrected chi connectivity index (χ0v) is 14.5. The second-order valence-corrected chi connectivity index (χ2v) is 6.10. The van der Waals surface area contributed by atoms with Crippen LogP contribution in [0.1, 0.15) is 5.56 Å². The zero-order valence-electron chi connectivity index (χ0n) is 13.0. The van der Waals surface area contributed by atoms with Crippen molar-refractivity contribution >= 4 is 33.8 Å². The number of anilines is 1. The number of methoxy groups -OCH3 is 1. The Kier molecular flexibility index (Phi) is 6.05. The Balaban J connectivity index is 1.93. The van der Waals surface area contributed by atoms with Crippen molar-refractivity contribution in [3.05, 3.63) is 53.1 Å². The number of hydrogen-bond donors (Lipinski definition) is 2. The highest BCUT2D eigenvalue weighted by Gasteiger charge is 2.11. The SMILES string of the molecule is COc1c(Cl)cccc1CNC(=O)Nc1ccc(OS(=O)(=O)F)cc1. The molecule has 0 atom stereocenters. The highest BCUT2D eigenvalue weighted by molar-refractivity contribution is 7.81. The molecule has 0 bridgehead atoms. The minimum atomic E-state index is -5.08. The number of rotatable bonds is 6. The largest absolute Gasteiger partial charge is 0.495 e. The molecule has 25 heavy (non-hydrogen) atoms. The molecule has 0 fully saturated rings. The van der Waals surface area contributed by atoms with Crippen LogP contribution >= 0.6 is 11.6 Å². The number of ether oxygens (including phenoxy) is 1. The van der Waals surface area contributed by atoms with Crippen LogP contribution in [0, 0.1) is 0 Å². The smallest absolute Gasteiger partial charge is 0.488 e. The van der Waals surface area contributed by atoms with Gasteiger partial charge in [0.25, 0.3) is 0 Å². The monoisotopic (exact) mass is 388 g/mol. The predicted octanol–water partition coefficient (Wildman–Crippen LogP) is 3.26. The molecule has 134 valence electrons. The summed E-state index contributed by atoms with van der Waals surface area (Å²) in [4.78, 5) is 11.9. The van der Waals surface area contributed by atoms with Crippen molar-refractivity contribution < 1.29 is 26.0 Å². The number of amides is 2. The molecular weight excluding hydrogens is 375 g/mol. The van der Waals surface area contributed by atoms with Gasteiger partial charge < -0.3 is 19.6 Å². The summed E-state index contributed by atoms with van der Waals surface area (Å²) in [6.07, 6.45) is 0. The van der Waals surface area contributed by atoms with Gasteiger partial charge in [0.05, 0.1) is 12.1 Å². The van der Waals surface area contributed by atoms with Crippen LogP contribution in [0.25, 0.3) is 0 Å². The van der Waals surface area contributed by atoms with Gasteiger partial charge in [0.15, 0.2) is 0 Å². The van der Waals surface area contributed by atoms with Crippen molar-refractivity contribution in [2.24, 2.45) is 0 Å². The summed E-state index contributed by atoms with van der Waals surface area (Å²) in [7, 11) is -3.61. The second kappa shape index (κ2) is 8.04. The minimum absolute atomic E-state index is 0.177. The van der Waals surface area contributed by atoms with Crippen LogP contribution < -0.4 is 19.6 Å². The first-order valence-corrected chi connectivity index (χ1v) is 8.57. The average Bonchev–Trinajstić information content (AvgIpc) is 2.53. The van der Waals surface area contributed by atoms with Crippen molar-refractivity contribution in [1.29, 1.82) is 0 Å². The fraction of sp³-hybridized carbons (Fsp3) is 0.133. The summed E-state index contributed by atoms with van der Waals surface area (Å²) in [5.74, 6) is 0.260. The maximum Gasteiger partial charge on any atom is 0.488 e. The van der Waals surface area contributed by atoms with Crippen LogP contribution in [-0.2, 0) is 17.0 Å². The maximum atomic E-state index is 12.4. The molecule has 0 aliphatic carbocycles. The van der Waals surface area contributed by atoms with E-state index in [2.05, 4.69) is 14.8 Å². The van der Waals surface area contributed by atoms with E-state index in [-0.39, 0.29) is 12.3 Å². The Morgan fingerprint density at radius 3 is 2.48 bits per heavy atom. The first-order chi connectivity index (χ1) is 11.8. The highest BCUT2D eigenvalue weighted by Crippen LogP contribution is 2.28. The first-order valence-electron chi connectivity index (χ1n) is 6.89. The standard InChI is InChI=1S/C15H14ClFN2O5S/c1-23-14-10(3-2-4-13(14)16)9-18-15(20)19-11-5-7-12(8-6-11)24-25(17,21)22/h2-8H,9H2,1H3,(H2,18,19,20). The van der Waals surface area contributed by atoms with Gasteiger partial charge in [-0.05, 0) is 30.3 Å². The minimum Gasteiger partial charge on any atom is -0.495 e. The third-order valence-corrected chi connectivity index (χ3v) is 3.69. The van der Waals surface area contributed by atoms with Crippen LogP contribution in [0.4, 0.5) is 14.4 Å². The Morgan fingerprint density at radius 2 is 1.88 bits per heavy atom. The van der Waals surface area contributed by atoms with Crippen LogP contribution in [0.3, 0.4) is 0 Å². The fourth-order valence-electron chi connectivity index (χ4n) is 1.98. The average molecular weight is 389 g/mol. The summed E-state index contributed by atoms with van der Waals surface area (Å²) in [6, 6.07) is 9.78. The third-order valence-electron chi connectivity index (χ3n) is 3.00. The molecule has 0 aromatic heterocycles. The Labute approximate surface area is 149 Å². The molecular formula is C15H14ClFN2O5S. The molecule has 2 rings (SSSR count). The normalized spacial score (nSPS) is 10.8. The molecule has 2 aromatic carbocycles. The van der Waals surface area contributed by atoms with Gasteiger partial charge in [0.1, 0.15) is 11.5 Å². The van der Waals surface area contributed by atoms with E-state index in [1.54, 1.807) is 18.2 Å². The van der Waals surface area contributed by atoms with Crippen LogP contribution in [0.2, 0.25) is 5.02 Å². The summed E-state index contributed by atoms with van der Waals surface area (Å²) < 4.78 is 42.4. The van der Waals surface area contributed by atoms with E-state index in [9.17, 15) is 17.1 Å². The van der Waals surface area contributed by atoms with E-state index in [0.717, 1.165) is 0 Å². The van der Waals surface area contributed by atoms with Crippen molar-refractivity contribution in [3.8, 4) is 11.5 Å². The summed E-state index contributed by atoms with van der Waals surface area (Å²) in [5.41, 5.74) is 1.06. The molecule has 0 unspecified atom stereocenters. The Hall–Kier alpha value is -2.52. The maximum absolute atomic E-state index is 12.4. The number of halogens is 2. The molecule has 0 radical (unpaired) electrons. The van der Waals surface area contributed by atoms with Crippen molar-refractivity contribution in [1.82, 2.24) is 5.32 Å². The topological polar surface area (TPSA) is 93.7 Å². The number of para-hydroxylation sites is 1. The quantitative estimate of drug-likeness (QED) is 0.741. The van der Waals surface area contributed by atoms with E-state index in [0.29, 0.717) is 22.0 Å². The van der Waals surface area contributed by atoms with Gasteiger partial charge in [-0.25, -0.2) is 4.79 Å². The van der Waals surface area contributed by atoms with Crippen LogP contribution in [0.15, 0.2) is 42.5 Å². The molecule has 10 heteroatoms. The van der Waals surface area contributed by atoms with Crippen LogP contribution in [-0.4, -0.2) is 21.6 Å². The number of carbonyl (C=O) groups excluding carboxylic acids is 1. The number of carbonyl (C=O) groups is 1. The summed E-state index contributed by atoms with van der Waals surface area (Å²) in [6.45, 7) is 0.177. The number of benzene rings is 2. The van der Waals surface area contributed by atoms with Gasteiger partial charge in [-0.1, -0.05) is 27.6 Å².